The van der Waals surface area contributed by atoms with Crippen molar-refractivity contribution in [1.82, 2.24) is 4.57 Å². The van der Waals surface area contributed by atoms with E-state index in [2.05, 4.69) is 4.99 Å². The standard InChI is InChI=1S/C29H23F3N2O4S/c1-4-37-27(36)24-17(3)33-28-34(25(24)18-11-9-16(2)10-12-18)26(35)23(39-28)15-19-13-14-22(38-19)20-7-5-6-8-21(20)29(30,31)32/h5-15,25H,4H2,1-3H3/b23-15-/t25-/m1/s1. The second kappa shape index (κ2) is 10.2. The van der Waals surface area contributed by atoms with E-state index in [0.29, 0.717) is 10.5 Å². The lowest BCUT2D eigenvalue weighted by Gasteiger charge is -2.24. The Hall–Kier alpha value is -4.18. The van der Waals surface area contributed by atoms with E-state index in [4.69, 9.17) is 9.15 Å². The summed E-state index contributed by atoms with van der Waals surface area (Å²) >= 11 is 1.10. The summed E-state index contributed by atoms with van der Waals surface area (Å²) in [5.41, 5.74) is 1.12. The Morgan fingerprint density at radius 2 is 1.82 bits per heavy atom. The van der Waals surface area contributed by atoms with Gasteiger partial charge in [0, 0.05) is 11.6 Å². The quantitative estimate of drug-likeness (QED) is 0.312. The number of fused-ring (bicyclic) bond motifs is 1. The first-order chi connectivity index (χ1) is 18.6. The topological polar surface area (TPSA) is 73.8 Å². The Morgan fingerprint density at radius 1 is 1.10 bits per heavy atom. The first kappa shape index (κ1) is 26.4. The molecule has 0 saturated heterocycles. The number of nitrogens with zero attached hydrogens (tertiary/aromatic N) is 2. The number of aromatic nitrogens is 1. The number of carbonyl (C=O) groups excluding carboxylic acids is 1. The summed E-state index contributed by atoms with van der Waals surface area (Å²) < 4.78 is 53.2. The number of hydrogen-bond acceptors (Lipinski definition) is 6. The van der Waals surface area contributed by atoms with Crippen molar-refractivity contribution in [2.75, 3.05) is 6.61 Å². The fourth-order valence-electron chi connectivity index (χ4n) is 4.51. The Balaban J connectivity index is 1.63. The number of furan rings is 1. The van der Waals surface area contributed by atoms with E-state index in [0.717, 1.165) is 28.5 Å². The van der Waals surface area contributed by atoms with Crippen LogP contribution in [-0.2, 0) is 15.7 Å². The van der Waals surface area contributed by atoms with Crippen LogP contribution in [0.15, 0.2) is 86.1 Å². The molecule has 10 heteroatoms. The number of hydrogen-bond donors (Lipinski definition) is 0. The summed E-state index contributed by atoms with van der Waals surface area (Å²) in [6.45, 7) is 5.50. The normalized spacial score (nSPS) is 15.7. The highest BCUT2D eigenvalue weighted by molar-refractivity contribution is 7.07. The van der Waals surface area contributed by atoms with Crippen LogP contribution in [0.2, 0.25) is 0 Å². The van der Waals surface area contributed by atoms with Crippen molar-refractivity contribution in [3.63, 3.8) is 0 Å². The van der Waals surface area contributed by atoms with Gasteiger partial charge < -0.3 is 9.15 Å². The zero-order valence-electron chi connectivity index (χ0n) is 21.2. The molecule has 0 saturated carbocycles. The molecule has 5 rings (SSSR count). The third-order valence-electron chi connectivity index (χ3n) is 6.31. The lowest BCUT2D eigenvalue weighted by molar-refractivity contribution is -0.139. The highest BCUT2D eigenvalue weighted by Crippen LogP contribution is 2.37. The Morgan fingerprint density at radius 3 is 2.51 bits per heavy atom. The predicted octanol–water partition coefficient (Wildman–Crippen LogP) is 5.39. The van der Waals surface area contributed by atoms with Gasteiger partial charge in [-0.05, 0) is 44.5 Å². The number of aryl methyl sites for hydroxylation is 1. The van der Waals surface area contributed by atoms with Gasteiger partial charge in [0.25, 0.3) is 5.56 Å². The fraction of sp³-hybridized carbons (Fsp3) is 0.207. The summed E-state index contributed by atoms with van der Waals surface area (Å²) in [4.78, 5) is 31.5. The molecule has 0 spiro atoms. The average molecular weight is 553 g/mol. The van der Waals surface area contributed by atoms with Crippen LogP contribution >= 0.6 is 11.3 Å². The number of ether oxygens (including phenoxy) is 1. The molecule has 39 heavy (non-hydrogen) atoms. The van der Waals surface area contributed by atoms with E-state index < -0.39 is 29.3 Å². The maximum absolute atomic E-state index is 13.7. The van der Waals surface area contributed by atoms with Crippen LogP contribution in [0.25, 0.3) is 17.4 Å². The highest BCUT2D eigenvalue weighted by Gasteiger charge is 2.35. The smallest absolute Gasteiger partial charge is 0.417 e. The van der Waals surface area contributed by atoms with Gasteiger partial charge in [-0.15, -0.1) is 0 Å². The maximum Gasteiger partial charge on any atom is 0.417 e. The van der Waals surface area contributed by atoms with E-state index >= 15 is 0 Å². The second-order valence-electron chi connectivity index (χ2n) is 8.96. The van der Waals surface area contributed by atoms with Crippen molar-refractivity contribution in [2.45, 2.75) is 33.0 Å². The molecule has 0 aliphatic carbocycles. The zero-order chi connectivity index (χ0) is 27.9. The van der Waals surface area contributed by atoms with Crippen LogP contribution in [0.1, 0.15) is 42.3 Å². The Bertz CT molecular complexity index is 1780. The number of allylic oxidation sites excluding steroid dienone is 1. The van der Waals surface area contributed by atoms with Gasteiger partial charge in [0.15, 0.2) is 4.80 Å². The van der Waals surface area contributed by atoms with Gasteiger partial charge in [-0.1, -0.05) is 59.4 Å². The third kappa shape index (κ3) is 4.99. The summed E-state index contributed by atoms with van der Waals surface area (Å²) in [7, 11) is 0. The van der Waals surface area contributed by atoms with Crippen LogP contribution in [0, 0.1) is 6.92 Å². The molecule has 0 bridgehead atoms. The molecular formula is C29H23F3N2O4S. The molecule has 0 N–H and O–H groups in total. The highest BCUT2D eigenvalue weighted by atomic mass is 32.1. The summed E-state index contributed by atoms with van der Waals surface area (Å²) in [5.74, 6) is -0.321. The van der Waals surface area contributed by atoms with Crippen LogP contribution in [0.4, 0.5) is 13.2 Å². The third-order valence-corrected chi connectivity index (χ3v) is 7.29. The van der Waals surface area contributed by atoms with Crippen LogP contribution in [0.3, 0.4) is 0 Å². The van der Waals surface area contributed by atoms with Crippen molar-refractivity contribution in [1.29, 1.82) is 0 Å². The SMILES string of the molecule is CCOC(=O)C1=C(C)N=c2s/c(=C\c3ccc(-c4ccccc4C(F)(F)F)o3)c(=O)n2[C@@H]1c1ccc(C)cc1. The van der Waals surface area contributed by atoms with E-state index in [9.17, 15) is 22.8 Å². The molecule has 1 aliphatic rings. The van der Waals surface area contributed by atoms with Crippen molar-refractivity contribution < 1.29 is 27.1 Å². The van der Waals surface area contributed by atoms with Crippen molar-refractivity contribution in [3.05, 3.63) is 114 Å². The van der Waals surface area contributed by atoms with Gasteiger partial charge in [0.1, 0.15) is 11.5 Å². The summed E-state index contributed by atoms with van der Waals surface area (Å²) in [5, 5.41) is 0. The molecule has 2 aromatic heterocycles. The molecule has 6 nitrogen and oxygen atoms in total. The lowest BCUT2D eigenvalue weighted by Crippen LogP contribution is -2.39. The Kier molecular flexibility index (Phi) is 6.90. The first-order valence-electron chi connectivity index (χ1n) is 12.1. The fourth-order valence-corrected chi connectivity index (χ4v) is 5.53. The number of thiazole rings is 1. The van der Waals surface area contributed by atoms with E-state index in [1.54, 1.807) is 13.8 Å². The minimum absolute atomic E-state index is 0.0277. The first-order valence-corrected chi connectivity index (χ1v) is 12.9. The van der Waals surface area contributed by atoms with Gasteiger partial charge in [0.2, 0.25) is 0 Å². The molecule has 1 aliphatic heterocycles. The lowest BCUT2D eigenvalue weighted by atomic mass is 9.95. The van der Waals surface area contributed by atoms with Crippen LogP contribution < -0.4 is 14.9 Å². The molecule has 0 unspecified atom stereocenters. The molecule has 1 atom stereocenters. The van der Waals surface area contributed by atoms with Crippen LogP contribution in [-0.4, -0.2) is 17.1 Å². The van der Waals surface area contributed by atoms with Crippen LogP contribution in [0.5, 0.6) is 0 Å². The molecular weight excluding hydrogens is 529 g/mol. The number of rotatable bonds is 5. The zero-order valence-corrected chi connectivity index (χ0v) is 22.0. The molecule has 4 aromatic rings. The monoisotopic (exact) mass is 552 g/mol. The van der Waals surface area contributed by atoms with E-state index in [-0.39, 0.29) is 33.8 Å². The van der Waals surface area contributed by atoms with Crippen molar-refractivity contribution >= 4 is 23.4 Å². The second-order valence-corrected chi connectivity index (χ2v) is 9.97. The maximum atomic E-state index is 13.7. The molecule has 200 valence electrons. The van der Waals surface area contributed by atoms with Gasteiger partial charge in [-0.2, -0.15) is 13.2 Å². The van der Waals surface area contributed by atoms with E-state index in [1.165, 1.54) is 41.0 Å². The predicted molar refractivity (Wildman–Crippen MR) is 141 cm³/mol. The van der Waals surface area contributed by atoms with Gasteiger partial charge in [0.05, 0.1) is 34.0 Å². The van der Waals surface area contributed by atoms with Crippen molar-refractivity contribution in [2.24, 2.45) is 4.99 Å². The number of benzene rings is 2. The van der Waals surface area contributed by atoms with Gasteiger partial charge in [-0.25, -0.2) is 9.79 Å². The van der Waals surface area contributed by atoms with Gasteiger partial charge in [-0.3, -0.25) is 9.36 Å². The number of alkyl halides is 3. The molecule has 2 aromatic carbocycles. The number of esters is 1. The largest absolute Gasteiger partial charge is 0.463 e. The summed E-state index contributed by atoms with van der Waals surface area (Å²) in [6, 6.07) is 14.8. The number of halogens is 3. The molecule has 0 fully saturated rings. The summed E-state index contributed by atoms with van der Waals surface area (Å²) in [6.07, 6.45) is -3.08. The van der Waals surface area contributed by atoms with E-state index in [1.807, 2.05) is 31.2 Å². The molecule has 3 heterocycles. The van der Waals surface area contributed by atoms with Gasteiger partial charge >= 0.3 is 12.1 Å². The Labute approximate surface area is 225 Å². The minimum Gasteiger partial charge on any atom is -0.463 e. The average Bonchev–Trinajstić information content (AvgIpc) is 3.48. The van der Waals surface area contributed by atoms with Crippen molar-refractivity contribution in [3.8, 4) is 11.3 Å². The minimum atomic E-state index is -4.55. The molecule has 0 amide bonds. The number of carbonyl (C=O) groups is 1. The molecule has 0 radical (unpaired) electrons.